The lowest BCUT2D eigenvalue weighted by molar-refractivity contribution is -0.126. The van der Waals surface area contributed by atoms with Gasteiger partial charge in [-0.2, -0.15) is 5.10 Å². The summed E-state index contributed by atoms with van der Waals surface area (Å²) >= 11 is 0. The number of nitrogen functional groups attached to an aromatic ring is 1. The number of terminal acetylenes is 1. The largest absolute Gasteiger partial charge is 0.458 e. The molecule has 8 heteroatoms. The van der Waals surface area contributed by atoms with Crippen LogP contribution in [0.3, 0.4) is 0 Å². The average molecular weight is 470 g/mol. The smallest absolute Gasteiger partial charge is 0.288 e. The number of nitrogens with one attached hydrogen (secondary N) is 1. The van der Waals surface area contributed by atoms with Crippen LogP contribution in [-0.2, 0) is 11.3 Å². The van der Waals surface area contributed by atoms with Gasteiger partial charge in [0.2, 0.25) is 5.91 Å². The Kier molecular flexibility index (Phi) is 6.88. The number of hydrogen-bond acceptors (Lipinski definition) is 5. The van der Waals surface area contributed by atoms with Crippen LogP contribution >= 0.6 is 0 Å². The van der Waals surface area contributed by atoms with Crippen LogP contribution in [0.25, 0.3) is 22.0 Å². The van der Waals surface area contributed by atoms with E-state index in [-0.39, 0.29) is 23.3 Å². The fourth-order valence-electron chi connectivity index (χ4n) is 4.46. The van der Waals surface area contributed by atoms with Gasteiger partial charge in [0.1, 0.15) is 17.0 Å². The lowest BCUT2D eigenvalue weighted by Gasteiger charge is -2.24. The molecular weight excluding hydrogens is 442 g/mol. The Morgan fingerprint density at radius 3 is 2.86 bits per heavy atom. The Morgan fingerprint density at radius 1 is 1.40 bits per heavy atom. The predicted molar refractivity (Wildman–Crippen MR) is 137 cm³/mol. The number of aromatic amines is 1. The van der Waals surface area contributed by atoms with Crippen molar-refractivity contribution in [1.82, 2.24) is 19.7 Å². The maximum absolute atomic E-state index is 12.8. The minimum Gasteiger partial charge on any atom is -0.458 e. The molecule has 35 heavy (non-hydrogen) atoms. The van der Waals surface area contributed by atoms with Gasteiger partial charge in [-0.25, -0.2) is 5.10 Å². The van der Waals surface area contributed by atoms with Crippen molar-refractivity contribution in [3.8, 4) is 29.2 Å². The van der Waals surface area contributed by atoms with E-state index >= 15 is 0 Å². The SMILES string of the molecule is C#C/C=C\C(=C/C)Oc1ccc(-c2cn(C[C@@H]3CCCN3C(=O)C=C)c3c(=O)[nH]nc(N)c23)cc1. The molecule has 3 aromatic rings. The number of allylic oxidation sites excluding steroid dienone is 3. The van der Waals surface area contributed by atoms with Crippen LogP contribution in [0.2, 0.25) is 0 Å². The van der Waals surface area contributed by atoms with Crippen molar-refractivity contribution in [3.63, 3.8) is 0 Å². The van der Waals surface area contributed by atoms with E-state index in [1.54, 1.807) is 17.1 Å². The number of nitrogens with two attached hydrogens (primary N) is 1. The van der Waals surface area contributed by atoms with E-state index in [2.05, 4.69) is 22.7 Å². The number of ether oxygens (including phenoxy) is 1. The van der Waals surface area contributed by atoms with Gasteiger partial charge < -0.3 is 19.9 Å². The number of carbonyl (C=O) groups excluding carboxylic acids is 1. The summed E-state index contributed by atoms with van der Waals surface area (Å²) in [6, 6.07) is 7.43. The van der Waals surface area contributed by atoms with Crippen LogP contribution in [0.1, 0.15) is 19.8 Å². The number of aromatic nitrogens is 3. The van der Waals surface area contributed by atoms with Crippen LogP contribution in [0.4, 0.5) is 5.82 Å². The van der Waals surface area contributed by atoms with Crippen molar-refractivity contribution >= 4 is 22.6 Å². The minimum absolute atomic E-state index is 0.0381. The summed E-state index contributed by atoms with van der Waals surface area (Å²) in [4.78, 5) is 26.9. The van der Waals surface area contributed by atoms with Gasteiger partial charge in [0.15, 0.2) is 5.82 Å². The summed E-state index contributed by atoms with van der Waals surface area (Å²) in [5, 5.41) is 7.04. The first-order valence-corrected chi connectivity index (χ1v) is 11.3. The molecule has 3 heterocycles. The summed E-state index contributed by atoms with van der Waals surface area (Å²) in [5.74, 6) is 3.83. The van der Waals surface area contributed by atoms with Gasteiger partial charge in [-0.3, -0.25) is 9.59 Å². The number of nitrogens with zero attached hydrogens (tertiary/aromatic N) is 3. The lowest BCUT2D eigenvalue weighted by atomic mass is 10.1. The van der Waals surface area contributed by atoms with Gasteiger partial charge in [0.05, 0.1) is 5.39 Å². The molecule has 0 spiro atoms. The molecule has 0 radical (unpaired) electrons. The van der Waals surface area contributed by atoms with Crippen LogP contribution in [0.5, 0.6) is 5.75 Å². The molecular formula is C27H27N5O3. The van der Waals surface area contributed by atoms with E-state index in [1.807, 2.05) is 48.0 Å². The van der Waals surface area contributed by atoms with E-state index in [0.29, 0.717) is 35.5 Å². The Morgan fingerprint density at radius 2 is 2.17 bits per heavy atom. The van der Waals surface area contributed by atoms with Crippen molar-refractivity contribution in [3.05, 3.63) is 77.5 Å². The number of rotatable bonds is 7. The highest BCUT2D eigenvalue weighted by molar-refractivity contribution is 6.02. The van der Waals surface area contributed by atoms with E-state index in [9.17, 15) is 9.59 Å². The molecule has 178 valence electrons. The molecule has 1 amide bonds. The number of fused-ring (bicyclic) bond motifs is 1. The Hall–Kier alpha value is -4.51. The van der Waals surface area contributed by atoms with Gasteiger partial charge in [0, 0.05) is 30.9 Å². The van der Waals surface area contributed by atoms with Crippen LogP contribution in [0.15, 0.2) is 71.9 Å². The van der Waals surface area contributed by atoms with Crippen molar-refractivity contribution in [1.29, 1.82) is 0 Å². The topological polar surface area (TPSA) is 106 Å². The Balaban J connectivity index is 1.71. The quantitative estimate of drug-likeness (QED) is 0.238. The molecule has 3 N–H and O–H groups in total. The molecule has 2 aromatic heterocycles. The second-order valence-electron chi connectivity index (χ2n) is 8.21. The third-order valence-electron chi connectivity index (χ3n) is 6.10. The second kappa shape index (κ2) is 10.2. The molecule has 0 bridgehead atoms. The predicted octanol–water partition coefficient (Wildman–Crippen LogP) is 3.62. The molecule has 0 aliphatic carbocycles. The number of carbonyl (C=O) groups is 1. The number of amides is 1. The molecule has 1 saturated heterocycles. The highest BCUT2D eigenvalue weighted by Gasteiger charge is 2.29. The van der Waals surface area contributed by atoms with Crippen LogP contribution in [-0.4, -0.2) is 38.2 Å². The summed E-state index contributed by atoms with van der Waals surface area (Å²) in [6.07, 6.45) is 15.4. The Bertz CT molecular complexity index is 1420. The molecule has 1 atom stereocenters. The summed E-state index contributed by atoms with van der Waals surface area (Å²) in [5.41, 5.74) is 7.94. The van der Waals surface area contributed by atoms with Crippen molar-refractivity contribution in [2.45, 2.75) is 32.4 Å². The van der Waals surface area contributed by atoms with Crippen molar-refractivity contribution in [2.24, 2.45) is 0 Å². The summed E-state index contributed by atoms with van der Waals surface area (Å²) < 4.78 is 7.73. The maximum Gasteiger partial charge on any atom is 0.288 e. The molecule has 4 rings (SSSR count). The van der Waals surface area contributed by atoms with Crippen LogP contribution in [0, 0.1) is 12.3 Å². The highest BCUT2D eigenvalue weighted by Crippen LogP contribution is 2.34. The molecule has 1 aliphatic rings. The summed E-state index contributed by atoms with van der Waals surface area (Å²) in [7, 11) is 0. The van der Waals surface area contributed by atoms with Crippen LogP contribution < -0.4 is 16.0 Å². The number of anilines is 1. The van der Waals surface area contributed by atoms with Crippen molar-refractivity contribution in [2.75, 3.05) is 12.3 Å². The number of H-pyrrole nitrogens is 1. The van der Waals surface area contributed by atoms with Gasteiger partial charge in [-0.15, -0.1) is 6.42 Å². The van der Waals surface area contributed by atoms with E-state index in [0.717, 1.165) is 24.0 Å². The first-order valence-electron chi connectivity index (χ1n) is 11.3. The van der Waals surface area contributed by atoms with Gasteiger partial charge in [-0.1, -0.05) is 24.6 Å². The van der Waals surface area contributed by atoms with E-state index < -0.39 is 0 Å². The van der Waals surface area contributed by atoms with E-state index in [1.165, 1.54) is 6.08 Å². The zero-order valence-electron chi connectivity index (χ0n) is 19.5. The molecule has 8 nitrogen and oxygen atoms in total. The molecule has 1 aliphatic heterocycles. The maximum atomic E-state index is 12.8. The number of hydrogen-bond donors (Lipinski definition) is 2. The fraction of sp³-hybridized carbons (Fsp3) is 0.222. The monoisotopic (exact) mass is 469 g/mol. The molecule has 1 fully saturated rings. The fourth-order valence-corrected chi connectivity index (χ4v) is 4.46. The minimum atomic E-state index is -0.335. The zero-order chi connectivity index (χ0) is 24.9. The molecule has 0 unspecified atom stereocenters. The standard InChI is InChI=1S/C27H27N5O3/c1-4-7-10-20(5-2)35-21-13-11-18(12-14-21)22-17-31(25-24(22)26(28)29-30-27(25)34)16-19-9-8-15-32(19)23(33)6-3/h1,5-7,10-14,17,19H,3,8-9,15-16H2,2H3,(H2,28,29)(H,30,34)/b10-7-,20-5+/t19-/m0/s1. The highest BCUT2D eigenvalue weighted by atomic mass is 16.5. The average Bonchev–Trinajstić information content (AvgIpc) is 3.50. The normalized spacial score (nSPS) is 16.1. The Labute approximate surface area is 203 Å². The third-order valence-corrected chi connectivity index (χ3v) is 6.10. The zero-order valence-corrected chi connectivity index (χ0v) is 19.5. The summed E-state index contributed by atoms with van der Waals surface area (Å²) in [6.45, 7) is 6.61. The number of benzene rings is 1. The third kappa shape index (κ3) is 4.75. The number of likely N-dealkylation sites (tertiary alicyclic amines) is 1. The second-order valence-corrected chi connectivity index (χ2v) is 8.21. The van der Waals surface area contributed by atoms with Gasteiger partial charge >= 0.3 is 0 Å². The molecule has 0 saturated carbocycles. The first-order chi connectivity index (χ1) is 17.0. The molecule has 1 aromatic carbocycles. The first kappa shape index (κ1) is 23.6. The van der Waals surface area contributed by atoms with E-state index in [4.69, 9.17) is 16.9 Å². The van der Waals surface area contributed by atoms with Gasteiger partial charge in [-0.05, 0) is 61.8 Å². The van der Waals surface area contributed by atoms with Crippen molar-refractivity contribution < 1.29 is 9.53 Å². The lowest BCUT2D eigenvalue weighted by Crippen LogP contribution is -2.37. The van der Waals surface area contributed by atoms with Gasteiger partial charge in [0.25, 0.3) is 5.56 Å².